The van der Waals surface area contributed by atoms with Crippen molar-refractivity contribution in [2.75, 3.05) is 5.73 Å². The van der Waals surface area contributed by atoms with E-state index in [2.05, 4.69) is 22.0 Å². The highest BCUT2D eigenvalue weighted by molar-refractivity contribution is 5.42. The lowest BCUT2D eigenvalue weighted by Gasteiger charge is -2.07. The van der Waals surface area contributed by atoms with Gasteiger partial charge in [0.15, 0.2) is 0 Å². The second-order valence-corrected chi connectivity index (χ2v) is 4.13. The molecule has 0 fully saturated rings. The number of rotatable bonds is 4. The van der Waals surface area contributed by atoms with Crippen molar-refractivity contribution in [1.29, 1.82) is 0 Å². The van der Waals surface area contributed by atoms with Gasteiger partial charge in [0.1, 0.15) is 18.0 Å². The predicted molar refractivity (Wildman–Crippen MR) is 66.5 cm³/mol. The third kappa shape index (κ3) is 2.61. The Morgan fingerprint density at radius 2 is 2.18 bits per heavy atom. The Hall–Kier alpha value is -1.91. The summed E-state index contributed by atoms with van der Waals surface area (Å²) in [5.74, 6) is 1.51. The molecule has 17 heavy (non-hydrogen) atoms. The molecule has 2 N–H and O–H groups in total. The number of nitrogen functional groups attached to an aromatic ring is 1. The first-order valence-corrected chi connectivity index (χ1v) is 5.78. The molecule has 0 saturated carbocycles. The quantitative estimate of drug-likeness (QED) is 0.867. The van der Waals surface area contributed by atoms with Crippen LogP contribution >= 0.6 is 0 Å². The van der Waals surface area contributed by atoms with E-state index in [1.54, 1.807) is 12.5 Å². The summed E-state index contributed by atoms with van der Waals surface area (Å²) in [5.41, 5.74) is 7.98. The third-order valence-corrected chi connectivity index (χ3v) is 2.62. The molecule has 2 aromatic heterocycles. The van der Waals surface area contributed by atoms with Crippen molar-refractivity contribution in [3.05, 3.63) is 35.5 Å². The van der Waals surface area contributed by atoms with Crippen LogP contribution in [0.1, 0.15) is 30.3 Å². The van der Waals surface area contributed by atoms with Gasteiger partial charge in [0.2, 0.25) is 0 Å². The van der Waals surface area contributed by atoms with Crippen LogP contribution in [0.2, 0.25) is 0 Å². The Balaban J connectivity index is 2.25. The van der Waals surface area contributed by atoms with E-state index in [0.717, 1.165) is 29.9 Å². The summed E-state index contributed by atoms with van der Waals surface area (Å²) in [6.07, 6.45) is 5.08. The van der Waals surface area contributed by atoms with Crippen LogP contribution in [0.5, 0.6) is 0 Å². The molecule has 0 saturated heterocycles. The Kier molecular flexibility index (Phi) is 3.37. The van der Waals surface area contributed by atoms with E-state index in [1.807, 2.05) is 17.7 Å². The molecule has 0 radical (unpaired) electrons. The van der Waals surface area contributed by atoms with Crippen LogP contribution in [0.15, 0.2) is 18.6 Å². The van der Waals surface area contributed by atoms with E-state index < -0.39 is 0 Å². The zero-order valence-corrected chi connectivity index (χ0v) is 10.2. The summed E-state index contributed by atoms with van der Waals surface area (Å²) in [7, 11) is 0. The van der Waals surface area contributed by atoms with Gasteiger partial charge < -0.3 is 5.73 Å². The number of hydrogen-bond acceptors (Lipinski definition) is 4. The van der Waals surface area contributed by atoms with Gasteiger partial charge in [-0.1, -0.05) is 13.0 Å². The van der Waals surface area contributed by atoms with Crippen molar-refractivity contribution >= 4 is 5.82 Å². The van der Waals surface area contributed by atoms with Crippen LogP contribution < -0.4 is 5.73 Å². The van der Waals surface area contributed by atoms with Crippen LogP contribution in [-0.4, -0.2) is 19.7 Å². The van der Waals surface area contributed by atoms with Gasteiger partial charge in [-0.2, -0.15) is 5.10 Å². The molecule has 0 aliphatic heterocycles. The first-order valence-electron chi connectivity index (χ1n) is 5.78. The molecule has 90 valence electrons. The number of nitrogens with zero attached hydrogens (tertiary/aromatic N) is 4. The molecule has 2 aromatic rings. The maximum Gasteiger partial charge on any atom is 0.138 e. The number of pyridine rings is 1. The fraction of sp³-hybridized carbons (Fsp3) is 0.417. The minimum Gasteiger partial charge on any atom is -0.383 e. The van der Waals surface area contributed by atoms with Crippen molar-refractivity contribution in [2.24, 2.45) is 0 Å². The first kappa shape index (κ1) is 11.6. The molecule has 0 unspecified atom stereocenters. The van der Waals surface area contributed by atoms with Crippen LogP contribution in [0.25, 0.3) is 0 Å². The predicted octanol–water partition coefficient (Wildman–Crippen LogP) is 1.56. The molecule has 0 spiro atoms. The monoisotopic (exact) mass is 231 g/mol. The second-order valence-electron chi connectivity index (χ2n) is 4.13. The van der Waals surface area contributed by atoms with Gasteiger partial charge in [-0.25, -0.2) is 14.6 Å². The molecular formula is C12H17N5. The van der Waals surface area contributed by atoms with Crippen molar-refractivity contribution < 1.29 is 0 Å². The summed E-state index contributed by atoms with van der Waals surface area (Å²) < 4.78 is 1.92. The molecule has 0 aliphatic carbocycles. The molecule has 5 heteroatoms. The number of hydrogen-bond donors (Lipinski definition) is 1. The highest BCUT2D eigenvalue weighted by atomic mass is 15.3. The van der Waals surface area contributed by atoms with E-state index >= 15 is 0 Å². The van der Waals surface area contributed by atoms with Crippen LogP contribution in [0.3, 0.4) is 0 Å². The average molecular weight is 231 g/mol. The molecule has 5 nitrogen and oxygen atoms in total. The molecule has 2 heterocycles. The number of nitrogens with two attached hydrogens (primary N) is 1. The highest BCUT2D eigenvalue weighted by Crippen LogP contribution is 2.14. The molecule has 0 bridgehead atoms. The Bertz CT molecular complexity index is 503. The lowest BCUT2D eigenvalue weighted by atomic mass is 10.1. The van der Waals surface area contributed by atoms with Crippen LogP contribution in [-0.2, 0) is 13.0 Å². The van der Waals surface area contributed by atoms with Crippen LogP contribution in [0, 0.1) is 6.92 Å². The van der Waals surface area contributed by atoms with Crippen molar-refractivity contribution in [1.82, 2.24) is 19.7 Å². The second kappa shape index (κ2) is 4.95. The first-order chi connectivity index (χ1) is 8.20. The molecule has 0 aliphatic rings. The average Bonchev–Trinajstić information content (AvgIpc) is 2.72. The zero-order chi connectivity index (χ0) is 12.3. The normalized spacial score (nSPS) is 10.7. The van der Waals surface area contributed by atoms with Crippen LogP contribution in [0.4, 0.5) is 5.82 Å². The lowest BCUT2D eigenvalue weighted by Crippen LogP contribution is -2.08. The van der Waals surface area contributed by atoms with E-state index in [4.69, 9.17) is 5.73 Å². The van der Waals surface area contributed by atoms with E-state index in [1.165, 1.54) is 0 Å². The lowest BCUT2D eigenvalue weighted by molar-refractivity contribution is 0.576. The smallest absolute Gasteiger partial charge is 0.138 e. The number of anilines is 1. The number of aryl methyl sites for hydroxylation is 2. The standard InChI is InChI=1S/C12H17N5/c1-3-4-17-11(15-8-16-17)6-10-5-9(2)7-14-12(10)13/h5,7-8H,3-4,6H2,1-2H3,(H2,13,14). The minimum atomic E-state index is 0.571. The van der Waals surface area contributed by atoms with Gasteiger partial charge in [-0.05, 0) is 18.9 Å². The van der Waals surface area contributed by atoms with Gasteiger partial charge in [0, 0.05) is 24.7 Å². The molecular weight excluding hydrogens is 214 g/mol. The number of aromatic nitrogens is 4. The Morgan fingerprint density at radius 3 is 2.94 bits per heavy atom. The van der Waals surface area contributed by atoms with E-state index in [0.29, 0.717) is 12.2 Å². The van der Waals surface area contributed by atoms with Crippen molar-refractivity contribution in [2.45, 2.75) is 33.2 Å². The molecule has 0 atom stereocenters. The maximum absolute atomic E-state index is 5.86. The van der Waals surface area contributed by atoms with Gasteiger partial charge in [0.25, 0.3) is 0 Å². The van der Waals surface area contributed by atoms with Gasteiger partial charge in [0.05, 0.1) is 0 Å². The van der Waals surface area contributed by atoms with Crippen molar-refractivity contribution in [3.63, 3.8) is 0 Å². The Labute approximate surface area is 101 Å². The van der Waals surface area contributed by atoms with E-state index in [9.17, 15) is 0 Å². The van der Waals surface area contributed by atoms with Gasteiger partial charge >= 0.3 is 0 Å². The zero-order valence-electron chi connectivity index (χ0n) is 10.2. The van der Waals surface area contributed by atoms with E-state index in [-0.39, 0.29) is 0 Å². The topological polar surface area (TPSA) is 69.6 Å². The maximum atomic E-state index is 5.86. The summed E-state index contributed by atoms with van der Waals surface area (Å²) in [6.45, 7) is 5.01. The molecule has 0 amide bonds. The molecule has 0 aromatic carbocycles. The Morgan fingerprint density at radius 1 is 1.35 bits per heavy atom. The fourth-order valence-corrected chi connectivity index (χ4v) is 1.78. The summed E-state index contributed by atoms with van der Waals surface area (Å²) >= 11 is 0. The summed E-state index contributed by atoms with van der Waals surface area (Å²) in [4.78, 5) is 8.42. The largest absolute Gasteiger partial charge is 0.383 e. The SMILES string of the molecule is CCCn1ncnc1Cc1cc(C)cnc1N. The fourth-order valence-electron chi connectivity index (χ4n) is 1.78. The third-order valence-electron chi connectivity index (χ3n) is 2.62. The highest BCUT2D eigenvalue weighted by Gasteiger charge is 2.08. The summed E-state index contributed by atoms with van der Waals surface area (Å²) in [5, 5.41) is 4.20. The van der Waals surface area contributed by atoms with Gasteiger partial charge in [-0.3, -0.25) is 0 Å². The summed E-state index contributed by atoms with van der Waals surface area (Å²) in [6, 6.07) is 2.05. The van der Waals surface area contributed by atoms with Crippen molar-refractivity contribution in [3.8, 4) is 0 Å². The minimum absolute atomic E-state index is 0.571. The van der Waals surface area contributed by atoms with Gasteiger partial charge in [-0.15, -0.1) is 0 Å². The molecule has 2 rings (SSSR count).